The van der Waals surface area contributed by atoms with Crippen molar-refractivity contribution in [1.29, 1.82) is 0 Å². The second-order valence-electron chi connectivity index (χ2n) is 5.00. The van der Waals surface area contributed by atoms with Gasteiger partial charge in [-0.25, -0.2) is 0 Å². The zero-order valence-electron chi connectivity index (χ0n) is 12.0. The average molecular weight is 293 g/mol. The Hall–Kier alpha value is -1.32. The van der Waals surface area contributed by atoms with E-state index in [0.717, 1.165) is 47.7 Å². The molecular weight excluding hydrogens is 272 g/mol. The average Bonchev–Trinajstić information content (AvgIpc) is 2.75. The molecule has 4 heteroatoms. The Morgan fingerprint density at radius 2 is 2.00 bits per heavy atom. The summed E-state index contributed by atoms with van der Waals surface area (Å²) in [5.74, 6) is 0. The molecule has 0 aliphatic heterocycles. The van der Waals surface area contributed by atoms with Crippen LogP contribution in [0.15, 0.2) is 30.3 Å². The van der Waals surface area contributed by atoms with Crippen molar-refractivity contribution in [3.8, 4) is 0 Å². The van der Waals surface area contributed by atoms with Crippen molar-refractivity contribution in [2.24, 2.45) is 7.05 Å². The summed E-state index contributed by atoms with van der Waals surface area (Å²) in [4.78, 5) is 0. The number of aryl methyl sites for hydroxylation is 2. The molecule has 1 atom stereocenters. The lowest BCUT2D eigenvalue weighted by Crippen LogP contribution is -2.02. The van der Waals surface area contributed by atoms with Crippen LogP contribution in [0.3, 0.4) is 0 Å². The first-order chi connectivity index (χ1) is 9.63. The molecule has 0 fully saturated rings. The first kappa shape index (κ1) is 15.1. The van der Waals surface area contributed by atoms with Crippen LogP contribution in [0.25, 0.3) is 0 Å². The normalized spacial score (nSPS) is 12.6. The third kappa shape index (κ3) is 3.41. The van der Waals surface area contributed by atoms with Gasteiger partial charge in [-0.05, 0) is 31.2 Å². The van der Waals surface area contributed by atoms with Gasteiger partial charge in [-0.15, -0.1) is 0 Å². The SMILES string of the molecule is CCc1nn(C)c(CCCC(O)c2ccccc2)c1Cl. The molecule has 3 nitrogen and oxygen atoms in total. The van der Waals surface area contributed by atoms with Crippen molar-refractivity contribution in [3.63, 3.8) is 0 Å². The number of halogens is 1. The molecule has 1 unspecified atom stereocenters. The molecule has 20 heavy (non-hydrogen) atoms. The molecule has 0 bridgehead atoms. The number of benzene rings is 1. The van der Waals surface area contributed by atoms with Gasteiger partial charge in [-0.3, -0.25) is 4.68 Å². The highest BCUT2D eigenvalue weighted by Gasteiger charge is 2.13. The highest BCUT2D eigenvalue weighted by Crippen LogP contribution is 2.24. The van der Waals surface area contributed by atoms with E-state index in [2.05, 4.69) is 12.0 Å². The van der Waals surface area contributed by atoms with E-state index in [4.69, 9.17) is 11.6 Å². The molecule has 1 aromatic heterocycles. The van der Waals surface area contributed by atoms with E-state index < -0.39 is 6.10 Å². The van der Waals surface area contributed by atoms with Crippen molar-refractivity contribution in [2.45, 2.75) is 38.7 Å². The number of nitrogens with zero attached hydrogens (tertiary/aromatic N) is 2. The number of aliphatic hydroxyl groups is 1. The molecule has 0 radical (unpaired) electrons. The van der Waals surface area contributed by atoms with Gasteiger partial charge in [0.25, 0.3) is 0 Å². The molecule has 0 amide bonds. The number of hydrogen-bond donors (Lipinski definition) is 1. The topological polar surface area (TPSA) is 38.0 Å². The maximum absolute atomic E-state index is 10.1. The fourth-order valence-electron chi connectivity index (χ4n) is 2.40. The van der Waals surface area contributed by atoms with E-state index in [-0.39, 0.29) is 0 Å². The van der Waals surface area contributed by atoms with Crippen LogP contribution in [0.5, 0.6) is 0 Å². The summed E-state index contributed by atoms with van der Waals surface area (Å²) in [6.07, 6.45) is 2.89. The Morgan fingerprint density at radius 3 is 2.60 bits per heavy atom. The molecule has 0 saturated heterocycles. The van der Waals surface area contributed by atoms with Crippen LogP contribution in [0, 0.1) is 0 Å². The van der Waals surface area contributed by atoms with E-state index in [1.165, 1.54) is 0 Å². The first-order valence-corrected chi connectivity index (χ1v) is 7.44. The third-order valence-electron chi connectivity index (χ3n) is 3.58. The van der Waals surface area contributed by atoms with Crippen LogP contribution in [0.2, 0.25) is 5.02 Å². The summed E-state index contributed by atoms with van der Waals surface area (Å²) in [6, 6.07) is 9.76. The van der Waals surface area contributed by atoms with E-state index in [0.29, 0.717) is 0 Å². The lowest BCUT2D eigenvalue weighted by molar-refractivity contribution is 0.164. The minimum Gasteiger partial charge on any atom is -0.388 e. The standard InChI is InChI=1S/C16H21ClN2O/c1-3-13-16(17)14(19(2)18-13)10-7-11-15(20)12-8-5-4-6-9-12/h4-6,8-9,15,20H,3,7,10-11H2,1-2H3. The van der Waals surface area contributed by atoms with Gasteiger partial charge in [0.15, 0.2) is 0 Å². The molecule has 2 aromatic rings. The van der Waals surface area contributed by atoms with E-state index >= 15 is 0 Å². The highest BCUT2D eigenvalue weighted by molar-refractivity contribution is 6.31. The molecule has 1 heterocycles. The summed E-state index contributed by atoms with van der Waals surface area (Å²) >= 11 is 6.32. The second kappa shape index (κ2) is 6.91. The lowest BCUT2D eigenvalue weighted by atomic mass is 10.0. The van der Waals surface area contributed by atoms with Gasteiger partial charge in [0.05, 0.1) is 22.5 Å². The van der Waals surface area contributed by atoms with Crippen LogP contribution in [-0.4, -0.2) is 14.9 Å². The Kier molecular flexibility index (Phi) is 5.21. The maximum atomic E-state index is 10.1. The fraction of sp³-hybridized carbons (Fsp3) is 0.438. The van der Waals surface area contributed by atoms with Crippen LogP contribution >= 0.6 is 11.6 Å². The molecule has 1 aromatic carbocycles. The number of aromatic nitrogens is 2. The zero-order chi connectivity index (χ0) is 14.5. The number of aliphatic hydroxyl groups excluding tert-OH is 1. The predicted molar refractivity (Wildman–Crippen MR) is 81.9 cm³/mol. The van der Waals surface area contributed by atoms with Crippen LogP contribution < -0.4 is 0 Å². The fourth-order valence-corrected chi connectivity index (χ4v) is 2.78. The summed E-state index contributed by atoms with van der Waals surface area (Å²) in [6.45, 7) is 2.05. The molecule has 108 valence electrons. The summed E-state index contributed by atoms with van der Waals surface area (Å²) in [5.41, 5.74) is 2.98. The monoisotopic (exact) mass is 292 g/mol. The predicted octanol–water partition coefficient (Wildman–Crippen LogP) is 3.69. The van der Waals surface area contributed by atoms with Crippen molar-refractivity contribution < 1.29 is 5.11 Å². The van der Waals surface area contributed by atoms with Gasteiger partial charge >= 0.3 is 0 Å². The van der Waals surface area contributed by atoms with Gasteiger partial charge in [0, 0.05) is 7.05 Å². The molecule has 0 spiro atoms. The number of hydrogen-bond acceptors (Lipinski definition) is 2. The van der Waals surface area contributed by atoms with Gasteiger partial charge in [0.2, 0.25) is 0 Å². The van der Waals surface area contributed by atoms with Crippen molar-refractivity contribution in [2.75, 3.05) is 0 Å². The lowest BCUT2D eigenvalue weighted by Gasteiger charge is -2.10. The summed E-state index contributed by atoms with van der Waals surface area (Å²) in [5, 5.41) is 15.3. The molecule has 0 aliphatic carbocycles. The third-order valence-corrected chi connectivity index (χ3v) is 4.01. The van der Waals surface area contributed by atoms with Gasteiger partial charge < -0.3 is 5.11 Å². The molecule has 0 saturated carbocycles. The smallest absolute Gasteiger partial charge is 0.0849 e. The molecule has 1 N–H and O–H groups in total. The zero-order valence-corrected chi connectivity index (χ0v) is 12.8. The van der Waals surface area contributed by atoms with Gasteiger partial charge in [-0.1, -0.05) is 48.9 Å². The molecule has 2 rings (SSSR count). The largest absolute Gasteiger partial charge is 0.388 e. The van der Waals surface area contributed by atoms with E-state index in [9.17, 15) is 5.11 Å². The van der Waals surface area contributed by atoms with Crippen molar-refractivity contribution in [3.05, 3.63) is 52.3 Å². The highest BCUT2D eigenvalue weighted by atomic mass is 35.5. The van der Waals surface area contributed by atoms with Crippen LogP contribution in [0.1, 0.15) is 42.8 Å². The quantitative estimate of drug-likeness (QED) is 0.882. The van der Waals surface area contributed by atoms with Gasteiger partial charge in [-0.2, -0.15) is 5.10 Å². The Balaban J connectivity index is 1.92. The second-order valence-corrected chi connectivity index (χ2v) is 5.38. The Bertz CT molecular complexity index is 551. The van der Waals surface area contributed by atoms with E-state index in [1.54, 1.807) is 0 Å². The Labute approximate surface area is 125 Å². The van der Waals surface area contributed by atoms with Gasteiger partial charge in [0.1, 0.15) is 0 Å². The molecule has 0 aliphatic rings. The molecular formula is C16H21ClN2O. The summed E-state index contributed by atoms with van der Waals surface area (Å²) < 4.78 is 1.86. The number of rotatable bonds is 6. The van der Waals surface area contributed by atoms with Crippen molar-refractivity contribution >= 4 is 11.6 Å². The van der Waals surface area contributed by atoms with Crippen LogP contribution in [-0.2, 0) is 19.9 Å². The minimum absolute atomic E-state index is 0.408. The Morgan fingerprint density at radius 1 is 1.30 bits per heavy atom. The van der Waals surface area contributed by atoms with Crippen molar-refractivity contribution in [1.82, 2.24) is 9.78 Å². The minimum atomic E-state index is -0.408. The van der Waals surface area contributed by atoms with Crippen LogP contribution in [0.4, 0.5) is 0 Å². The first-order valence-electron chi connectivity index (χ1n) is 7.06. The van der Waals surface area contributed by atoms with E-state index in [1.807, 2.05) is 42.1 Å². The summed E-state index contributed by atoms with van der Waals surface area (Å²) in [7, 11) is 1.92. The maximum Gasteiger partial charge on any atom is 0.0849 e.